The Bertz CT molecular complexity index is 1340. The van der Waals surface area contributed by atoms with Crippen LogP contribution in [0.5, 0.6) is 0 Å². The lowest BCUT2D eigenvalue weighted by Gasteiger charge is -2.17. The van der Waals surface area contributed by atoms with Crippen molar-refractivity contribution in [1.82, 2.24) is 15.2 Å². The average Bonchev–Trinajstić information content (AvgIpc) is 3.56. The van der Waals surface area contributed by atoms with Crippen LogP contribution in [0.25, 0.3) is 11.1 Å². The van der Waals surface area contributed by atoms with Crippen molar-refractivity contribution in [3.05, 3.63) is 83.7 Å². The summed E-state index contributed by atoms with van der Waals surface area (Å²) in [7, 11) is 1.28. The first-order chi connectivity index (χ1) is 19.9. The summed E-state index contributed by atoms with van der Waals surface area (Å²) in [5.41, 5.74) is 5.82. The van der Waals surface area contributed by atoms with Gasteiger partial charge in [0.15, 0.2) is 0 Å². The molecule has 0 fully saturated rings. The van der Waals surface area contributed by atoms with Crippen LogP contribution in [0, 0.1) is 0 Å². The van der Waals surface area contributed by atoms with Crippen LogP contribution in [-0.2, 0) is 41.6 Å². The molecule has 0 saturated heterocycles. The second kappa shape index (κ2) is 14.3. The normalized spacial score (nSPS) is 12.6. The van der Waals surface area contributed by atoms with Crippen molar-refractivity contribution in [1.29, 1.82) is 0 Å². The topological polar surface area (TPSA) is 116 Å². The standard InChI is InChI=1S/C32H37N3O6/c1-22(36)33-20-30(37)34-29(32(39)40-2)15-7-8-18-35-19-9-10-23(35)16-17-31(38)41-21-28-26-13-5-3-11-24(26)25-12-4-6-14-27(25)28/h3-6,9-14,19,28-29H,7-8,15-18,20-21H2,1-2H3,(H,33,36)(H,34,37). The van der Waals surface area contributed by atoms with Crippen LogP contribution in [0.15, 0.2) is 66.9 Å². The van der Waals surface area contributed by atoms with Crippen molar-refractivity contribution in [2.75, 3.05) is 20.3 Å². The Balaban J connectivity index is 1.22. The number of aromatic nitrogens is 1. The quantitative estimate of drug-likeness (QED) is 0.230. The lowest BCUT2D eigenvalue weighted by molar-refractivity contribution is -0.145. The van der Waals surface area contributed by atoms with Crippen LogP contribution in [-0.4, -0.2) is 54.6 Å². The summed E-state index contributed by atoms with van der Waals surface area (Å²) in [6.45, 7) is 2.15. The first-order valence-electron chi connectivity index (χ1n) is 14.0. The zero-order valence-electron chi connectivity index (χ0n) is 23.6. The summed E-state index contributed by atoms with van der Waals surface area (Å²) in [5.74, 6) is -1.48. The fraction of sp³-hybridized carbons (Fsp3) is 0.375. The minimum Gasteiger partial charge on any atom is -0.467 e. The summed E-state index contributed by atoms with van der Waals surface area (Å²) in [5, 5.41) is 5.03. The number of aryl methyl sites for hydroxylation is 2. The van der Waals surface area contributed by atoms with E-state index in [-0.39, 0.29) is 30.8 Å². The number of carbonyl (C=O) groups excluding carboxylic acids is 4. The molecule has 1 unspecified atom stereocenters. The third-order valence-electron chi connectivity index (χ3n) is 7.34. The Morgan fingerprint density at radius 3 is 2.27 bits per heavy atom. The van der Waals surface area contributed by atoms with Crippen molar-refractivity contribution >= 4 is 23.8 Å². The summed E-state index contributed by atoms with van der Waals surface area (Å²) >= 11 is 0. The highest BCUT2D eigenvalue weighted by Crippen LogP contribution is 2.44. The third kappa shape index (κ3) is 7.84. The van der Waals surface area contributed by atoms with Gasteiger partial charge in [0.2, 0.25) is 11.8 Å². The number of nitrogens with one attached hydrogen (secondary N) is 2. The Kier molecular flexibility index (Phi) is 10.3. The smallest absolute Gasteiger partial charge is 0.328 e. The van der Waals surface area contributed by atoms with Gasteiger partial charge in [-0.3, -0.25) is 14.4 Å². The van der Waals surface area contributed by atoms with Gasteiger partial charge >= 0.3 is 11.9 Å². The maximum Gasteiger partial charge on any atom is 0.328 e. The number of rotatable bonds is 14. The highest BCUT2D eigenvalue weighted by atomic mass is 16.5. The molecule has 0 spiro atoms. The van der Waals surface area contributed by atoms with Gasteiger partial charge in [-0.2, -0.15) is 0 Å². The van der Waals surface area contributed by atoms with E-state index in [2.05, 4.69) is 39.5 Å². The molecule has 2 N–H and O–H groups in total. The second-order valence-corrected chi connectivity index (χ2v) is 10.2. The number of unbranched alkanes of at least 4 members (excludes halogenated alkanes) is 1. The first kappa shape index (κ1) is 29.6. The molecule has 216 valence electrons. The van der Waals surface area contributed by atoms with Crippen molar-refractivity contribution in [3.63, 3.8) is 0 Å². The molecular formula is C32H37N3O6. The van der Waals surface area contributed by atoms with Crippen molar-refractivity contribution in [2.24, 2.45) is 0 Å². The number of methoxy groups -OCH3 is 1. The number of carbonyl (C=O) groups is 4. The lowest BCUT2D eigenvalue weighted by atomic mass is 9.98. The minimum absolute atomic E-state index is 0.0409. The fourth-order valence-corrected chi connectivity index (χ4v) is 5.28. The second-order valence-electron chi connectivity index (χ2n) is 10.2. The van der Waals surface area contributed by atoms with Crippen LogP contribution in [0.1, 0.15) is 55.3 Å². The maximum atomic E-state index is 12.7. The van der Waals surface area contributed by atoms with Gasteiger partial charge < -0.3 is 24.7 Å². The highest BCUT2D eigenvalue weighted by molar-refractivity contribution is 5.87. The predicted molar refractivity (Wildman–Crippen MR) is 154 cm³/mol. The van der Waals surface area contributed by atoms with Gasteiger partial charge in [-0.25, -0.2) is 4.79 Å². The molecule has 0 aliphatic heterocycles. The zero-order valence-corrected chi connectivity index (χ0v) is 23.6. The molecule has 0 bridgehead atoms. The summed E-state index contributed by atoms with van der Waals surface area (Å²) < 4.78 is 12.7. The molecule has 9 nitrogen and oxygen atoms in total. The van der Waals surface area contributed by atoms with Crippen LogP contribution >= 0.6 is 0 Å². The van der Waals surface area contributed by atoms with E-state index in [9.17, 15) is 19.2 Å². The van der Waals surface area contributed by atoms with E-state index >= 15 is 0 Å². The zero-order chi connectivity index (χ0) is 29.2. The van der Waals surface area contributed by atoms with E-state index in [1.807, 2.05) is 42.6 Å². The van der Waals surface area contributed by atoms with Crippen molar-refractivity contribution in [3.8, 4) is 11.1 Å². The van der Waals surface area contributed by atoms with E-state index in [0.29, 0.717) is 32.4 Å². The largest absolute Gasteiger partial charge is 0.467 e. The lowest BCUT2D eigenvalue weighted by Crippen LogP contribution is -2.45. The van der Waals surface area contributed by atoms with Gasteiger partial charge in [0, 0.05) is 31.3 Å². The molecule has 41 heavy (non-hydrogen) atoms. The summed E-state index contributed by atoms with van der Waals surface area (Å²) in [6, 6.07) is 19.7. The molecule has 2 aromatic carbocycles. The molecule has 1 aliphatic rings. The molecule has 0 saturated carbocycles. The Morgan fingerprint density at radius 1 is 0.927 bits per heavy atom. The fourth-order valence-electron chi connectivity index (χ4n) is 5.28. The number of amides is 2. The van der Waals surface area contributed by atoms with E-state index in [0.717, 1.165) is 12.1 Å². The molecule has 2 amide bonds. The van der Waals surface area contributed by atoms with Gasteiger partial charge in [0.1, 0.15) is 12.6 Å². The number of ether oxygens (including phenoxy) is 2. The summed E-state index contributed by atoms with van der Waals surface area (Å²) in [4.78, 5) is 47.8. The Morgan fingerprint density at radius 2 is 1.61 bits per heavy atom. The Hall–Kier alpha value is -4.40. The van der Waals surface area contributed by atoms with Crippen LogP contribution < -0.4 is 10.6 Å². The van der Waals surface area contributed by atoms with E-state index in [1.54, 1.807) is 0 Å². The van der Waals surface area contributed by atoms with Gasteiger partial charge in [-0.1, -0.05) is 48.5 Å². The number of hydrogen-bond acceptors (Lipinski definition) is 6. The monoisotopic (exact) mass is 559 g/mol. The first-order valence-corrected chi connectivity index (χ1v) is 14.0. The number of benzene rings is 2. The van der Waals surface area contributed by atoms with Crippen molar-refractivity contribution < 1.29 is 28.7 Å². The van der Waals surface area contributed by atoms with Gasteiger partial charge in [-0.05, 0) is 60.1 Å². The molecular weight excluding hydrogens is 522 g/mol. The van der Waals surface area contributed by atoms with Crippen LogP contribution in [0.4, 0.5) is 0 Å². The van der Waals surface area contributed by atoms with Crippen LogP contribution in [0.3, 0.4) is 0 Å². The molecule has 1 heterocycles. The Labute approximate surface area is 240 Å². The predicted octanol–water partition coefficient (Wildman–Crippen LogP) is 3.74. The average molecular weight is 560 g/mol. The van der Waals surface area contributed by atoms with Crippen molar-refractivity contribution in [2.45, 2.75) is 57.5 Å². The SMILES string of the molecule is COC(=O)C(CCCCn1cccc1CCC(=O)OCC1c2ccccc2-c2ccccc21)NC(=O)CNC(C)=O. The number of nitrogens with zero attached hydrogens (tertiary/aromatic N) is 1. The maximum absolute atomic E-state index is 12.7. The molecule has 4 rings (SSSR count). The molecule has 1 atom stereocenters. The van der Waals surface area contributed by atoms with Gasteiger partial charge in [-0.15, -0.1) is 0 Å². The molecule has 1 aromatic heterocycles. The molecule has 3 aromatic rings. The highest BCUT2D eigenvalue weighted by Gasteiger charge is 2.29. The number of hydrogen-bond donors (Lipinski definition) is 2. The van der Waals surface area contributed by atoms with Gasteiger partial charge in [0.05, 0.1) is 20.1 Å². The van der Waals surface area contributed by atoms with Crippen LogP contribution in [0.2, 0.25) is 0 Å². The van der Waals surface area contributed by atoms with E-state index < -0.39 is 17.9 Å². The number of esters is 2. The van der Waals surface area contributed by atoms with E-state index in [1.165, 1.54) is 36.3 Å². The third-order valence-corrected chi connectivity index (χ3v) is 7.34. The van der Waals surface area contributed by atoms with E-state index in [4.69, 9.17) is 9.47 Å². The minimum atomic E-state index is -0.779. The molecule has 9 heteroatoms. The van der Waals surface area contributed by atoms with Gasteiger partial charge in [0.25, 0.3) is 0 Å². The summed E-state index contributed by atoms with van der Waals surface area (Å²) in [6.07, 6.45) is 4.67. The molecule has 1 aliphatic carbocycles. The molecule has 0 radical (unpaired) electrons. The number of fused-ring (bicyclic) bond motifs is 3.